The van der Waals surface area contributed by atoms with E-state index in [1.165, 1.54) is 18.2 Å². The molecular weight excluding hydrogens is 247 g/mol. The molecular formula is C12H10F3NO2. The Kier molecular flexibility index (Phi) is 4.25. The Hall–Kier alpha value is -2.11. The molecule has 3 nitrogen and oxygen atoms in total. The van der Waals surface area contributed by atoms with Crippen LogP contribution in [0.2, 0.25) is 0 Å². The van der Waals surface area contributed by atoms with E-state index in [9.17, 15) is 22.8 Å². The van der Waals surface area contributed by atoms with Gasteiger partial charge in [0.25, 0.3) is 0 Å². The number of amides is 1. The molecule has 0 aliphatic rings. The van der Waals surface area contributed by atoms with Gasteiger partial charge in [0.15, 0.2) is 6.29 Å². The number of carbonyl (C=O) groups is 2. The predicted octanol–water partition coefficient (Wildman–Crippen LogP) is 2.41. The molecule has 1 aromatic rings. The maximum Gasteiger partial charge on any atom is 0.416 e. The van der Waals surface area contributed by atoms with E-state index in [2.05, 4.69) is 0 Å². The van der Waals surface area contributed by atoms with Gasteiger partial charge in [-0.25, -0.2) is 0 Å². The first-order valence-electron chi connectivity index (χ1n) is 4.96. The van der Waals surface area contributed by atoms with Crippen LogP contribution in [0.1, 0.15) is 27.9 Å². The molecule has 0 aliphatic heterocycles. The minimum absolute atomic E-state index is 0.0423. The van der Waals surface area contributed by atoms with Crippen LogP contribution in [0, 0.1) is 0 Å². The zero-order valence-corrected chi connectivity index (χ0v) is 9.20. The number of aldehydes is 1. The van der Waals surface area contributed by atoms with Gasteiger partial charge < -0.3 is 5.73 Å². The van der Waals surface area contributed by atoms with Gasteiger partial charge in [0, 0.05) is 12.0 Å². The molecule has 0 aliphatic carbocycles. The van der Waals surface area contributed by atoms with Crippen LogP contribution in [0.4, 0.5) is 13.2 Å². The third-order valence-corrected chi connectivity index (χ3v) is 2.16. The molecule has 0 bridgehead atoms. The van der Waals surface area contributed by atoms with E-state index in [0.29, 0.717) is 11.8 Å². The minimum Gasteiger partial charge on any atom is -0.369 e. The summed E-state index contributed by atoms with van der Waals surface area (Å²) in [7, 11) is 0. The lowest BCUT2D eigenvalue weighted by Gasteiger charge is -2.08. The van der Waals surface area contributed by atoms with E-state index in [1.807, 2.05) is 0 Å². The summed E-state index contributed by atoms with van der Waals surface area (Å²) in [4.78, 5) is 21.2. The van der Waals surface area contributed by atoms with E-state index in [4.69, 9.17) is 5.73 Å². The summed E-state index contributed by atoms with van der Waals surface area (Å²) in [6.45, 7) is 0. The molecule has 1 amide bonds. The number of benzene rings is 1. The highest BCUT2D eigenvalue weighted by Crippen LogP contribution is 2.30. The van der Waals surface area contributed by atoms with E-state index >= 15 is 0 Å². The predicted molar refractivity (Wildman–Crippen MR) is 59.7 cm³/mol. The molecule has 0 fully saturated rings. The fraction of sp³-hybridized carbons (Fsp3) is 0.167. The summed E-state index contributed by atoms with van der Waals surface area (Å²) in [6.07, 6.45) is -1.43. The molecule has 1 aromatic carbocycles. The molecule has 0 aromatic heterocycles. The van der Waals surface area contributed by atoms with Crippen LogP contribution in [0.3, 0.4) is 0 Å². The monoisotopic (exact) mass is 257 g/mol. The van der Waals surface area contributed by atoms with Crippen LogP contribution >= 0.6 is 0 Å². The molecule has 96 valence electrons. The highest BCUT2D eigenvalue weighted by molar-refractivity contribution is 5.83. The largest absolute Gasteiger partial charge is 0.416 e. The van der Waals surface area contributed by atoms with Gasteiger partial charge in [-0.15, -0.1) is 0 Å². The SMILES string of the molecule is NC(=O)CC=Cc1ccc(C(F)(F)F)cc1C=O. The molecule has 1 rings (SSSR count). The Morgan fingerprint density at radius 3 is 2.44 bits per heavy atom. The second-order valence-corrected chi connectivity index (χ2v) is 3.53. The van der Waals surface area contributed by atoms with Gasteiger partial charge >= 0.3 is 6.18 Å². The van der Waals surface area contributed by atoms with Gasteiger partial charge in [-0.3, -0.25) is 9.59 Å². The lowest BCUT2D eigenvalue weighted by atomic mass is 10.0. The van der Waals surface area contributed by atoms with Crippen LogP contribution in [-0.4, -0.2) is 12.2 Å². The Morgan fingerprint density at radius 1 is 1.28 bits per heavy atom. The van der Waals surface area contributed by atoms with Crippen molar-refractivity contribution >= 4 is 18.3 Å². The summed E-state index contributed by atoms with van der Waals surface area (Å²) >= 11 is 0. The molecule has 18 heavy (non-hydrogen) atoms. The lowest BCUT2D eigenvalue weighted by molar-refractivity contribution is -0.137. The second kappa shape index (κ2) is 5.48. The molecule has 0 saturated carbocycles. The van der Waals surface area contributed by atoms with Gasteiger partial charge in [0.1, 0.15) is 0 Å². The molecule has 0 heterocycles. The molecule has 0 spiro atoms. The topological polar surface area (TPSA) is 60.2 Å². The smallest absolute Gasteiger partial charge is 0.369 e. The fourth-order valence-corrected chi connectivity index (χ4v) is 1.31. The van der Waals surface area contributed by atoms with Crippen LogP contribution in [0.5, 0.6) is 0 Å². The van der Waals surface area contributed by atoms with E-state index in [0.717, 1.165) is 12.1 Å². The lowest BCUT2D eigenvalue weighted by Crippen LogP contribution is -2.08. The number of hydrogen-bond donors (Lipinski definition) is 1. The van der Waals surface area contributed by atoms with Crippen molar-refractivity contribution in [3.63, 3.8) is 0 Å². The van der Waals surface area contributed by atoms with Crippen LogP contribution in [0.15, 0.2) is 24.3 Å². The van der Waals surface area contributed by atoms with Crippen molar-refractivity contribution in [2.45, 2.75) is 12.6 Å². The third-order valence-electron chi connectivity index (χ3n) is 2.16. The van der Waals surface area contributed by atoms with Crippen molar-refractivity contribution in [3.8, 4) is 0 Å². The average molecular weight is 257 g/mol. The maximum atomic E-state index is 12.4. The minimum atomic E-state index is -4.49. The number of primary amides is 1. The Morgan fingerprint density at radius 2 is 1.94 bits per heavy atom. The van der Waals surface area contributed by atoms with Gasteiger partial charge in [0.2, 0.25) is 5.91 Å². The maximum absolute atomic E-state index is 12.4. The summed E-state index contributed by atoms with van der Waals surface area (Å²) in [5.41, 5.74) is 4.22. The average Bonchev–Trinajstić information content (AvgIpc) is 2.27. The molecule has 0 saturated heterocycles. The fourth-order valence-electron chi connectivity index (χ4n) is 1.31. The van der Waals surface area contributed by atoms with Crippen LogP contribution in [0.25, 0.3) is 6.08 Å². The van der Waals surface area contributed by atoms with E-state index in [-0.39, 0.29) is 12.0 Å². The molecule has 2 N–H and O–H groups in total. The molecule has 0 atom stereocenters. The summed E-state index contributed by atoms with van der Waals surface area (Å²) < 4.78 is 37.2. The number of rotatable bonds is 4. The molecule has 6 heteroatoms. The number of hydrogen-bond acceptors (Lipinski definition) is 2. The van der Waals surface area contributed by atoms with Gasteiger partial charge in [-0.2, -0.15) is 13.2 Å². The number of nitrogens with two attached hydrogens (primary N) is 1. The van der Waals surface area contributed by atoms with E-state index in [1.54, 1.807) is 0 Å². The first-order chi connectivity index (χ1) is 8.34. The Balaban J connectivity index is 3.04. The summed E-state index contributed by atoms with van der Waals surface area (Å²) in [6, 6.07) is 2.80. The Labute approximate surface area is 101 Å². The Bertz CT molecular complexity index is 493. The van der Waals surface area contributed by atoms with Crippen molar-refractivity contribution in [2.75, 3.05) is 0 Å². The number of alkyl halides is 3. The highest BCUT2D eigenvalue weighted by Gasteiger charge is 2.30. The summed E-state index contributed by atoms with van der Waals surface area (Å²) in [5.74, 6) is -0.564. The number of halogens is 3. The normalized spacial score (nSPS) is 11.7. The zero-order chi connectivity index (χ0) is 13.8. The molecule has 0 unspecified atom stereocenters. The summed E-state index contributed by atoms with van der Waals surface area (Å²) in [5, 5.41) is 0. The van der Waals surface area contributed by atoms with Crippen molar-refractivity contribution in [3.05, 3.63) is 41.0 Å². The first kappa shape index (κ1) is 14.0. The van der Waals surface area contributed by atoms with Crippen molar-refractivity contribution in [1.82, 2.24) is 0 Å². The zero-order valence-electron chi connectivity index (χ0n) is 9.20. The standard InChI is InChI=1S/C12H10F3NO2/c13-12(14,15)10-5-4-8(9(6-10)7-17)2-1-3-11(16)18/h1-2,4-7H,3H2,(H2,16,18). The number of carbonyl (C=O) groups excluding carboxylic acids is 2. The quantitative estimate of drug-likeness (QED) is 0.842. The van der Waals surface area contributed by atoms with Crippen LogP contribution in [-0.2, 0) is 11.0 Å². The second-order valence-electron chi connectivity index (χ2n) is 3.53. The van der Waals surface area contributed by atoms with Gasteiger partial charge in [-0.1, -0.05) is 18.2 Å². The molecule has 0 radical (unpaired) electrons. The van der Waals surface area contributed by atoms with Crippen molar-refractivity contribution < 1.29 is 22.8 Å². The highest BCUT2D eigenvalue weighted by atomic mass is 19.4. The first-order valence-corrected chi connectivity index (χ1v) is 4.96. The van der Waals surface area contributed by atoms with E-state index < -0.39 is 17.6 Å². The van der Waals surface area contributed by atoms with Gasteiger partial charge in [0.05, 0.1) is 5.56 Å². The van der Waals surface area contributed by atoms with Crippen molar-refractivity contribution in [1.29, 1.82) is 0 Å². The van der Waals surface area contributed by atoms with Gasteiger partial charge in [-0.05, 0) is 17.7 Å². The van der Waals surface area contributed by atoms with Crippen molar-refractivity contribution in [2.24, 2.45) is 5.73 Å². The third kappa shape index (κ3) is 3.73. The van der Waals surface area contributed by atoms with Crippen LogP contribution < -0.4 is 5.73 Å².